The Kier molecular flexibility index (Phi) is 6.74. The molecule has 1 aliphatic heterocycles. The molecule has 0 bridgehead atoms. The predicted molar refractivity (Wildman–Crippen MR) is 131 cm³/mol. The maximum atomic E-state index is 14.0. The van der Waals surface area contributed by atoms with Gasteiger partial charge in [-0.1, -0.05) is 32.9 Å². The van der Waals surface area contributed by atoms with E-state index in [1.165, 1.54) is 4.90 Å². The SMILES string of the molecule is Cc1cccc(-n2nc(C(C)(C)C)cc2NC(=O)C2CCN(C(=O)c3ccc(F)cc3F)CC2)c1. The molecule has 0 spiro atoms. The highest BCUT2D eigenvalue weighted by Gasteiger charge is 2.30. The third-order valence-corrected chi connectivity index (χ3v) is 6.29. The number of rotatable bonds is 4. The van der Waals surface area contributed by atoms with Crippen LogP contribution < -0.4 is 5.32 Å². The van der Waals surface area contributed by atoms with E-state index in [4.69, 9.17) is 5.10 Å². The quantitative estimate of drug-likeness (QED) is 0.555. The molecule has 4 rings (SSSR count). The van der Waals surface area contributed by atoms with E-state index < -0.39 is 17.5 Å². The molecule has 184 valence electrons. The number of piperidine rings is 1. The Bertz CT molecular complexity index is 1250. The molecule has 2 aromatic carbocycles. The van der Waals surface area contributed by atoms with E-state index in [1.807, 2.05) is 37.3 Å². The average Bonchev–Trinajstić information content (AvgIpc) is 3.23. The van der Waals surface area contributed by atoms with E-state index in [0.717, 1.165) is 29.1 Å². The van der Waals surface area contributed by atoms with Crippen molar-refractivity contribution >= 4 is 17.6 Å². The number of nitrogens with zero attached hydrogens (tertiary/aromatic N) is 3. The highest BCUT2D eigenvalue weighted by molar-refractivity contribution is 5.95. The molecule has 0 radical (unpaired) electrons. The van der Waals surface area contributed by atoms with Gasteiger partial charge in [0.25, 0.3) is 5.91 Å². The number of nitrogens with one attached hydrogen (secondary N) is 1. The second kappa shape index (κ2) is 9.60. The fraction of sp³-hybridized carbons (Fsp3) is 0.370. The lowest BCUT2D eigenvalue weighted by molar-refractivity contribution is -0.121. The summed E-state index contributed by atoms with van der Waals surface area (Å²) in [5.41, 5.74) is 2.44. The van der Waals surface area contributed by atoms with Gasteiger partial charge >= 0.3 is 0 Å². The summed E-state index contributed by atoms with van der Waals surface area (Å²) in [5, 5.41) is 7.80. The number of benzene rings is 2. The van der Waals surface area contributed by atoms with Crippen molar-refractivity contribution < 1.29 is 18.4 Å². The lowest BCUT2D eigenvalue weighted by Gasteiger charge is -2.31. The summed E-state index contributed by atoms with van der Waals surface area (Å²) in [5.74, 6) is -1.94. The molecular formula is C27H30F2N4O2. The van der Waals surface area contributed by atoms with Gasteiger partial charge in [-0.15, -0.1) is 0 Å². The van der Waals surface area contributed by atoms with Crippen molar-refractivity contribution in [2.24, 2.45) is 5.92 Å². The highest BCUT2D eigenvalue weighted by atomic mass is 19.1. The van der Waals surface area contributed by atoms with Crippen LogP contribution in [0.1, 0.15) is 55.2 Å². The molecule has 0 atom stereocenters. The van der Waals surface area contributed by atoms with Crippen LogP contribution in [0.4, 0.5) is 14.6 Å². The molecule has 2 amide bonds. The zero-order valence-electron chi connectivity index (χ0n) is 20.4. The molecule has 1 aromatic heterocycles. The zero-order chi connectivity index (χ0) is 25.3. The molecule has 1 aliphatic rings. The van der Waals surface area contributed by atoms with E-state index in [9.17, 15) is 18.4 Å². The number of aromatic nitrogens is 2. The number of hydrogen-bond acceptors (Lipinski definition) is 3. The molecule has 0 aliphatic carbocycles. The van der Waals surface area contributed by atoms with Crippen molar-refractivity contribution in [3.05, 3.63) is 77.0 Å². The number of aryl methyl sites for hydroxylation is 1. The number of anilines is 1. The van der Waals surface area contributed by atoms with Crippen LogP contribution in [-0.2, 0) is 10.2 Å². The Morgan fingerprint density at radius 2 is 1.74 bits per heavy atom. The van der Waals surface area contributed by atoms with Crippen molar-refractivity contribution in [2.45, 2.75) is 46.0 Å². The number of carbonyl (C=O) groups is 2. The van der Waals surface area contributed by atoms with Gasteiger partial charge in [0.05, 0.1) is 16.9 Å². The molecule has 2 heterocycles. The molecule has 6 nitrogen and oxygen atoms in total. The fourth-order valence-electron chi connectivity index (χ4n) is 4.20. The maximum Gasteiger partial charge on any atom is 0.256 e. The number of halogens is 2. The monoisotopic (exact) mass is 480 g/mol. The number of carbonyl (C=O) groups excluding carboxylic acids is 2. The van der Waals surface area contributed by atoms with Gasteiger partial charge < -0.3 is 10.2 Å². The van der Waals surface area contributed by atoms with Crippen LogP contribution in [-0.4, -0.2) is 39.6 Å². The summed E-state index contributed by atoms with van der Waals surface area (Å²) in [6.07, 6.45) is 0.899. The highest BCUT2D eigenvalue weighted by Crippen LogP contribution is 2.28. The van der Waals surface area contributed by atoms with E-state index in [-0.39, 0.29) is 22.8 Å². The van der Waals surface area contributed by atoms with E-state index in [2.05, 4.69) is 26.1 Å². The van der Waals surface area contributed by atoms with Crippen molar-refractivity contribution in [1.29, 1.82) is 0 Å². The van der Waals surface area contributed by atoms with Crippen LogP contribution >= 0.6 is 0 Å². The van der Waals surface area contributed by atoms with Gasteiger partial charge in [0.1, 0.15) is 17.5 Å². The van der Waals surface area contributed by atoms with Gasteiger partial charge in [-0.25, -0.2) is 13.5 Å². The minimum atomic E-state index is -0.881. The second-order valence-corrected chi connectivity index (χ2v) is 10.1. The predicted octanol–water partition coefficient (Wildman–Crippen LogP) is 5.25. The van der Waals surface area contributed by atoms with Gasteiger partial charge in [0.15, 0.2) is 0 Å². The van der Waals surface area contributed by atoms with Crippen molar-refractivity contribution in [1.82, 2.24) is 14.7 Å². The molecule has 0 saturated carbocycles. The third kappa shape index (κ3) is 5.42. The third-order valence-electron chi connectivity index (χ3n) is 6.29. The average molecular weight is 481 g/mol. The van der Waals surface area contributed by atoms with Gasteiger partial charge in [-0.05, 0) is 49.6 Å². The summed E-state index contributed by atoms with van der Waals surface area (Å²) in [6, 6.07) is 12.7. The second-order valence-electron chi connectivity index (χ2n) is 10.1. The van der Waals surface area contributed by atoms with Crippen LogP contribution in [0, 0.1) is 24.5 Å². The van der Waals surface area contributed by atoms with Gasteiger partial charge in [0, 0.05) is 36.6 Å². The molecule has 1 saturated heterocycles. The minimum absolute atomic E-state index is 0.140. The number of amides is 2. The van der Waals surface area contributed by atoms with Crippen LogP contribution in [0.25, 0.3) is 5.69 Å². The largest absolute Gasteiger partial charge is 0.339 e. The minimum Gasteiger partial charge on any atom is -0.339 e. The standard InChI is InChI=1S/C27H30F2N4O2/c1-17-6-5-7-20(14-17)33-24(16-23(31-33)27(2,3)4)30-25(34)18-10-12-32(13-11-18)26(35)21-9-8-19(28)15-22(21)29/h5-9,14-16,18H,10-13H2,1-4H3,(H,30,34). The summed E-state index contributed by atoms with van der Waals surface area (Å²) < 4.78 is 29.0. The summed E-state index contributed by atoms with van der Waals surface area (Å²) >= 11 is 0. The van der Waals surface area contributed by atoms with Gasteiger partial charge in [0.2, 0.25) is 5.91 Å². The van der Waals surface area contributed by atoms with Crippen molar-refractivity contribution in [3.8, 4) is 5.69 Å². The van der Waals surface area contributed by atoms with Gasteiger partial charge in [-0.2, -0.15) is 5.10 Å². The van der Waals surface area contributed by atoms with Crippen molar-refractivity contribution in [3.63, 3.8) is 0 Å². The first-order chi connectivity index (χ1) is 16.5. The maximum absolute atomic E-state index is 14.0. The first-order valence-electron chi connectivity index (χ1n) is 11.8. The lowest BCUT2D eigenvalue weighted by Crippen LogP contribution is -2.41. The summed E-state index contributed by atoms with van der Waals surface area (Å²) in [7, 11) is 0. The number of hydrogen-bond donors (Lipinski definition) is 1. The van der Waals surface area contributed by atoms with Gasteiger partial charge in [-0.3, -0.25) is 9.59 Å². The van der Waals surface area contributed by atoms with Crippen LogP contribution in [0.3, 0.4) is 0 Å². The molecule has 35 heavy (non-hydrogen) atoms. The topological polar surface area (TPSA) is 67.2 Å². The van der Waals surface area contributed by atoms with E-state index in [0.29, 0.717) is 37.8 Å². The van der Waals surface area contributed by atoms with Crippen LogP contribution in [0.15, 0.2) is 48.5 Å². The van der Waals surface area contributed by atoms with Crippen LogP contribution in [0.2, 0.25) is 0 Å². The Balaban J connectivity index is 1.47. The summed E-state index contributed by atoms with van der Waals surface area (Å²) in [6.45, 7) is 8.84. The molecule has 0 unspecified atom stereocenters. The molecule has 3 aromatic rings. The van der Waals surface area contributed by atoms with E-state index in [1.54, 1.807) is 4.68 Å². The Morgan fingerprint density at radius 1 is 1.03 bits per heavy atom. The Labute approximate surface area is 203 Å². The van der Waals surface area contributed by atoms with E-state index >= 15 is 0 Å². The molecule has 8 heteroatoms. The molecule has 1 fully saturated rings. The molecule has 1 N–H and O–H groups in total. The first-order valence-corrected chi connectivity index (χ1v) is 11.8. The summed E-state index contributed by atoms with van der Waals surface area (Å²) in [4.78, 5) is 27.3. The normalized spacial score (nSPS) is 14.7. The Morgan fingerprint density at radius 3 is 2.37 bits per heavy atom. The molecular weight excluding hydrogens is 450 g/mol. The van der Waals surface area contributed by atoms with Crippen LogP contribution in [0.5, 0.6) is 0 Å². The Hall–Kier alpha value is -3.55. The van der Waals surface area contributed by atoms with Crippen molar-refractivity contribution in [2.75, 3.05) is 18.4 Å². The lowest BCUT2D eigenvalue weighted by atomic mass is 9.92. The smallest absolute Gasteiger partial charge is 0.256 e. The zero-order valence-corrected chi connectivity index (χ0v) is 20.4. The first kappa shape index (κ1) is 24.6. The number of likely N-dealkylation sites (tertiary alicyclic amines) is 1. The fourth-order valence-corrected chi connectivity index (χ4v) is 4.20.